The first-order chi connectivity index (χ1) is 21.6. The molecule has 0 atom stereocenters. The molecule has 0 aliphatic carbocycles. The van der Waals surface area contributed by atoms with Gasteiger partial charge in [0.15, 0.2) is 5.69 Å². The molecule has 206 valence electrons. The maximum absolute atomic E-state index is 14.4. The van der Waals surface area contributed by atoms with E-state index in [1.807, 2.05) is 109 Å². The van der Waals surface area contributed by atoms with E-state index in [2.05, 4.69) is 33.7 Å². The van der Waals surface area contributed by atoms with Crippen molar-refractivity contribution in [3.8, 4) is 27.9 Å². The first-order valence-electron chi connectivity index (χ1n) is 14.3. The summed E-state index contributed by atoms with van der Waals surface area (Å²) in [6, 6.07) is 44.8. The highest BCUT2D eigenvalue weighted by Crippen LogP contribution is 2.41. The molecule has 8 rings (SSSR count). The number of rotatable bonds is 4. The lowest BCUT2D eigenvalue weighted by molar-refractivity contribution is 0.0926. The predicted molar refractivity (Wildman–Crippen MR) is 175 cm³/mol. The standard InChI is InChI=1S/C39H23N3O2/c1-40-28-21-18-25(19-22-28)27-20-23-31-30-13-6-8-16-34(30)41(36(31)24-27)35-17-9-14-32-37(35)39(44)42(38(32)43)33-15-7-5-12-29(33)26-10-3-2-4-11-26/h2-24H. The van der Waals surface area contributed by atoms with Crippen LogP contribution in [0.5, 0.6) is 0 Å². The van der Waals surface area contributed by atoms with E-state index < -0.39 is 0 Å². The first kappa shape index (κ1) is 25.5. The minimum atomic E-state index is -0.346. The molecule has 0 saturated carbocycles. The number of hydrogen-bond acceptors (Lipinski definition) is 2. The van der Waals surface area contributed by atoms with E-state index in [1.165, 1.54) is 4.90 Å². The molecule has 1 aliphatic heterocycles. The average molecular weight is 566 g/mol. The summed E-state index contributed by atoms with van der Waals surface area (Å²) in [4.78, 5) is 33.2. The third kappa shape index (κ3) is 3.79. The fraction of sp³-hybridized carbons (Fsp3) is 0. The van der Waals surface area contributed by atoms with Crippen molar-refractivity contribution in [1.82, 2.24) is 4.57 Å². The van der Waals surface area contributed by atoms with Crippen LogP contribution in [0.4, 0.5) is 11.4 Å². The van der Waals surface area contributed by atoms with Crippen molar-refractivity contribution in [3.63, 3.8) is 0 Å². The largest absolute Gasteiger partial charge is 0.308 e. The summed E-state index contributed by atoms with van der Waals surface area (Å²) in [5.74, 6) is -0.683. The lowest BCUT2D eigenvalue weighted by atomic mass is 10.0. The van der Waals surface area contributed by atoms with Crippen LogP contribution in [-0.2, 0) is 0 Å². The number of para-hydroxylation sites is 2. The van der Waals surface area contributed by atoms with Gasteiger partial charge in [-0.15, -0.1) is 0 Å². The summed E-state index contributed by atoms with van der Waals surface area (Å²) in [5, 5.41) is 2.10. The Morgan fingerprint density at radius 2 is 1.16 bits per heavy atom. The summed E-state index contributed by atoms with van der Waals surface area (Å²) in [7, 11) is 0. The number of carbonyl (C=O) groups is 2. The van der Waals surface area contributed by atoms with Crippen LogP contribution in [0.15, 0.2) is 140 Å². The van der Waals surface area contributed by atoms with Crippen LogP contribution in [0.1, 0.15) is 20.7 Å². The zero-order valence-electron chi connectivity index (χ0n) is 23.4. The molecule has 44 heavy (non-hydrogen) atoms. The van der Waals surface area contributed by atoms with E-state index in [9.17, 15) is 9.59 Å². The first-order valence-corrected chi connectivity index (χ1v) is 14.3. The molecule has 5 heteroatoms. The molecule has 2 heterocycles. The van der Waals surface area contributed by atoms with E-state index in [1.54, 1.807) is 6.07 Å². The lowest BCUT2D eigenvalue weighted by Gasteiger charge is -2.18. The summed E-state index contributed by atoms with van der Waals surface area (Å²) >= 11 is 0. The van der Waals surface area contributed by atoms with E-state index >= 15 is 0 Å². The second kappa shape index (κ2) is 9.94. The number of fused-ring (bicyclic) bond motifs is 4. The van der Waals surface area contributed by atoms with Crippen molar-refractivity contribution in [2.24, 2.45) is 0 Å². The topological polar surface area (TPSA) is 46.7 Å². The van der Waals surface area contributed by atoms with Gasteiger partial charge in [0, 0.05) is 16.3 Å². The van der Waals surface area contributed by atoms with Gasteiger partial charge in [0.2, 0.25) is 0 Å². The number of carbonyl (C=O) groups excluding carboxylic acids is 2. The Morgan fingerprint density at radius 1 is 0.500 bits per heavy atom. The Kier molecular flexibility index (Phi) is 5.75. The molecule has 0 radical (unpaired) electrons. The maximum Gasteiger partial charge on any atom is 0.268 e. The number of benzene rings is 6. The normalized spacial score (nSPS) is 12.6. The average Bonchev–Trinajstić information content (AvgIpc) is 3.55. The number of aromatic nitrogens is 1. The Morgan fingerprint density at radius 3 is 1.98 bits per heavy atom. The van der Waals surface area contributed by atoms with Gasteiger partial charge in [0.1, 0.15) is 0 Å². The van der Waals surface area contributed by atoms with Crippen LogP contribution in [0.25, 0.3) is 54.6 Å². The van der Waals surface area contributed by atoms with Crippen molar-refractivity contribution in [2.75, 3.05) is 4.90 Å². The molecule has 1 aliphatic rings. The highest BCUT2D eigenvalue weighted by Gasteiger charge is 2.40. The number of nitrogens with zero attached hydrogens (tertiary/aromatic N) is 3. The molecule has 0 saturated heterocycles. The molecule has 6 aromatic carbocycles. The fourth-order valence-corrected chi connectivity index (χ4v) is 6.34. The van der Waals surface area contributed by atoms with Gasteiger partial charge in [0.05, 0.1) is 40.1 Å². The van der Waals surface area contributed by atoms with E-state index in [0.717, 1.165) is 44.1 Å². The lowest BCUT2D eigenvalue weighted by Crippen LogP contribution is -2.30. The molecular weight excluding hydrogens is 542 g/mol. The van der Waals surface area contributed by atoms with E-state index in [0.29, 0.717) is 28.2 Å². The van der Waals surface area contributed by atoms with Crippen LogP contribution in [0.2, 0.25) is 0 Å². The Bertz CT molecular complexity index is 2330. The number of amides is 2. The molecule has 1 aromatic heterocycles. The smallest absolute Gasteiger partial charge is 0.268 e. The van der Waals surface area contributed by atoms with Crippen LogP contribution in [0, 0.1) is 6.57 Å². The van der Waals surface area contributed by atoms with E-state index in [4.69, 9.17) is 6.57 Å². The van der Waals surface area contributed by atoms with E-state index in [-0.39, 0.29) is 11.8 Å². The highest BCUT2D eigenvalue weighted by atomic mass is 16.2. The van der Waals surface area contributed by atoms with Crippen molar-refractivity contribution < 1.29 is 9.59 Å². The predicted octanol–water partition coefficient (Wildman–Crippen LogP) is 9.47. The third-order valence-electron chi connectivity index (χ3n) is 8.37. The summed E-state index contributed by atoms with van der Waals surface area (Å²) in [6.45, 7) is 7.29. The van der Waals surface area contributed by atoms with Gasteiger partial charge in [-0.25, -0.2) is 9.74 Å². The number of anilines is 1. The molecule has 0 unspecified atom stereocenters. The zero-order chi connectivity index (χ0) is 29.8. The SMILES string of the molecule is [C-]#[N+]c1ccc(-c2ccc3c4ccccc4n(-c4cccc5c4C(=O)N(c4ccccc4-c4ccccc4)C5=O)c3c2)cc1. The molecule has 5 nitrogen and oxygen atoms in total. The molecule has 2 amide bonds. The second-order valence-corrected chi connectivity index (χ2v) is 10.8. The van der Waals surface area contributed by atoms with Crippen molar-refractivity contribution in [1.29, 1.82) is 0 Å². The van der Waals surface area contributed by atoms with Gasteiger partial charge in [-0.05, 0) is 47.0 Å². The molecule has 0 spiro atoms. The Labute approximate surface area is 253 Å². The third-order valence-corrected chi connectivity index (χ3v) is 8.37. The van der Waals surface area contributed by atoms with Crippen LogP contribution in [0.3, 0.4) is 0 Å². The Hall–Kier alpha value is -6.25. The van der Waals surface area contributed by atoms with Gasteiger partial charge < -0.3 is 4.57 Å². The fourth-order valence-electron chi connectivity index (χ4n) is 6.34. The Balaban J connectivity index is 1.34. The van der Waals surface area contributed by atoms with Gasteiger partial charge in [-0.2, -0.15) is 0 Å². The quantitative estimate of drug-likeness (QED) is 0.158. The summed E-state index contributed by atoms with van der Waals surface area (Å²) < 4.78 is 2.10. The van der Waals surface area contributed by atoms with Crippen LogP contribution >= 0.6 is 0 Å². The van der Waals surface area contributed by atoms with Gasteiger partial charge >= 0.3 is 0 Å². The summed E-state index contributed by atoms with van der Waals surface area (Å²) in [5.41, 5.74) is 8.17. The minimum Gasteiger partial charge on any atom is -0.308 e. The number of imide groups is 1. The van der Waals surface area contributed by atoms with Crippen molar-refractivity contribution >= 4 is 45.0 Å². The monoisotopic (exact) mass is 565 g/mol. The zero-order valence-corrected chi connectivity index (χ0v) is 23.4. The minimum absolute atomic E-state index is 0.336. The second-order valence-electron chi connectivity index (χ2n) is 10.8. The molecule has 0 fully saturated rings. The van der Waals surface area contributed by atoms with Gasteiger partial charge in [0.25, 0.3) is 11.8 Å². The van der Waals surface area contributed by atoms with Crippen molar-refractivity contribution in [2.45, 2.75) is 0 Å². The van der Waals surface area contributed by atoms with Crippen LogP contribution in [-0.4, -0.2) is 16.4 Å². The summed E-state index contributed by atoms with van der Waals surface area (Å²) in [6.07, 6.45) is 0. The molecular formula is C39H23N3O2. The molecule has 7 aromatic rings. The van der Waals surface area contributed by atoms with Crippen LogP contribution < -0.4 is 4.90 Å². The number of hydrogen-bond donors (Lipinski definition) is 0. The van der Waals surface area contributed by atoms with Gasteiger partial charge in [-0.3, -0.25) is 9.59 Å². The highest BCUT2D eigenvalue weighted by molar-refractivity contribution is 6.36. The molecule has 0 bridgehead atoms. The molecule has 0 N–H and O–H groups in total. The van der Waals surface area contributed by atoms with Crippen molar-refractivity contribution in [3.05, 3.63) is 162 Å². The maximum atomic E-state index is 14.4. The van der Waals surface area contributed by atoms with Gasteiger partial charge in [-0.1, -0.05) is 109 Å².